The van der Waals surface area contributed by atoms with Crippen molar-refractivity contribution < 1.29 is 9.21 Å². The van der Waals surface area contributed by atoms with Crippen molar-refractivity contribution in [3.05, 3.63) is 47.9 Å². The van der Waals surface area contributed by atoms with Crippen LogP contribution in [0.1, 0.15) is 22.5 Å². The maximum Gasteiger partial charge on any atom is 0.254 e. The van der Waals surface area contributed by atoms with Gasteiger partial charge >= 0.3 is 0 Å². The predicted molar refractivity (Wildman–Crippen MR) is 78.9 cm³/mol. The van der Waals surface area contributed by atoms with Crippen molar-refractivity contribution in [1.82, 2.24) is 4.90 Å². The number of nitrogens with zero attached hydrogens (tertiary/aromatic N) is 2. The Balaban J connectivity index is 2.22. The summed E-state index contributed by atoms with van der Waals surface area (Å²) in [6.07, 6.45) is 1.78. The highest BCUT2D eigenvalue weighted by Gasteiger charge is 2.17. The van der Waals surface area contributed by atoms with E-state index in [0.29, 0.717) is 35.8 Å². The zero-order valence-electron chi connectivity index (χ0n) is 11.5. The van der Waals surface area contributed by atoms with E-state index in [4.69, 9.17) is 21.1 Å². The Hall–Kier alpha value is -2.94. The molecule has 0 aliphatic heterocycles. The molecule has 0 atom stereocenters. The molecule has 0 saturated carbocycles. The molecule has 2 aromatic rings. The first-order valence-corrected chi connectivity index (χ1v) is 6.45. The van der Waals surface area contributed by atoms with Crippen LogP contribution in [0.3, 0.4) is 0 Å². The lowest BCUT2D eigenvalue weighted by Gasteiger charge is -2.21. The first kappa shape index (κ1) is 14.5. The fourth-order valence-electron chi connectivity index (χ4n) is 2.01. The molecule has 0 aliphatic carbocycles. The minimum atomic E-state index is -0.236. The predicted octanol–water partition coefficient (Wildman–Crippen LogP) is 2.00. The third kappa shape index (κ3) is 3.76. The summed E-state index contributed by atoms with van der Waals surface area (Å²) in [6.45, 7) is 0.604. The molecule has 2 rings (SSSR count). The van der Waals surface area contributed by atoms with Gasteiger partial charge in [0, 0.05) is 23.5 Å². The number of benzene rings is 1. The van der Waals surface area contributed by atoms with Crippen molar-refractivity contribution in [2.45, 2.75) is 13.0 Å². The smallest absolute Gasteiger partial charge is 0.254 e. The molecule has 21 heavy (non-hydrogen) atoms. The van der Waals surface area contributed by atoms with Crippen molar-refractivity contribution in [3.63, 3.8) is 0 Å². The highest BCUT2D eigenvalue weighted by molar-refractivity contribution is 5.96. The van der Waals surface area contributed by atoms with E-state index >= 15 is 0 Å². The quantitative estimate of drug-likeness (QED) is 0.816. The molecular weight excluding hydrogens is 268 g/mol. The van der Waals surface area contributed by atoms with Crippen LogP contribution in [0.25, 0.3) is 0 Å². The van der Waals surface area contributed by atoms with Gasteiger partial charge in [0.15, 0.2) is 0 Å². The fraction of sp³-hybridized carbons (Fsp3) is 0.200. The Kier molecular flexibility index (Phi) is 4.46. The molecule has 0 spiro atoms. The number of nitrogen functional groups attached to an aromatic ring is 2. The van der Waals surface area contributed by atoms with Gasteiger partial charge in [-0.2, -0.15) is 5.26 Å². The Morgan fingerprint density at radius 3 is 2.57 bits per heavy atom. The lowest BCUT2D eigenvalue weighted by atomic mass is 10.1. The number of carbonyl (C=O) groups is 1. The molecule has 6 nitrogen and oxygen atoms in total. The van der Waals surface area contributed by atoms with Crippen LogP contribution in [0, 0.1) is 11.3 Å². The zero-order chi connectivity index (χ0) is 15.2. The number of furan rings is 1. The monoisotopic (exact) mass is 284 g/mol. The molecule has 1 aromatic carbocycles. The van der Waals surface area contributed by atoms with Crippen molar-refractivity contribution >= 4 is 17.3 Å². The molecule has 4 N–H and O–H groups in total. The molecule has 0 bridgehead atoms. The lowest BCUT2D eigenvalue weighted by molar-refractivity contribution is 0.0735. The van der Waals surface area contributed by atoms with Crippen molar-refractivity contribution in [2.75, 3.05) is 18.0 Å². The third-order valence-electron chi connectivity index (χ3n) is 2.93. The van der Waals surface area contributed by atoms with Gasteiger partial charge in [0.1, 0.15) is 5.76 Å². The minimum absolute atomic E-state index is 0.236. The van der Waals surface area contributed by atoms with Crippen LogP contribution in [0.2, 0.25) is 0 Å². The average molecular weight is 284 g/mol. The number of carbonyl (C=O) groups excluding carboxylic acids is 1. The van der Waals surface area contributed by atoms with E-state index in [1.54, 1.807) is 36.6 Å². The third-order valence-corrected chi connectivity index (χ3v) is 2.93. The van der Waals surface area contributed by atoms with Gasteiger partial charge in [0.2, 0.25) is 0 Å². The summed E-state index contributed by atoms with van der Waals surface area (Å²) < 4.78 is 5.25. The van der Waals surface area contributed by atoms with Gasteiger partial charge in [-0.25, -0.2) is 0 Å². The number of anilines is 2. The van der Waals surface area contributed by atoms with Crippen LogP contribution >= 0.6 is 0 Å². The highest BCUT2D eigenvalue weighted by atomic mass is 16.3. The Morgan fingerprint density at radius 1 is 1.29 bits per heavy atom. The summed E-state index contributed by atoms with van der Waals surface area (Å²) in [7, 11) is 0. The zero-order valence-corrected chi connectivity index (χ0v) is 11.5. The molecule has 0 unspecified atom stereocenters. The van der Waals surface area contributed by atoms with E-state index in [0.717, 1.165) is 0 Å². The van der Waals surface area contributed by atoms with Crippen molar-refractivity contribution in [1.29, 1.82) is 5.26 Å². The Labute approximate surface area is 122 Å². The average Bonchev–Trinajstić information content (AvgIpc) is 2.94. The van der Waals surface area contributed by atoms with Gasteiger partial charge in [-0.05, 0) is 30.3 Å². The largest absolute Gasteiger partial charge is 0.467 e. The minimum Gasteiger partial charge on any atom is -0.467 e. The second-order valence-electron chi connectivity index (χ2n) is 4.60. The van der Waals surface area contributed by atoms with E-state index in [1.165, 1.54) is 4.90 Å². The maximum absolute atomic E-state index is 12.5. The van der Waals surface area contributed by atoms with Crippen molar-refractivity contribution in [3.8, 4) is 6.07 Å². The molecule has 1 amide bonds. The Bertz CT molecular complexity index is 639. The molecule has 1 heterocycles. The maximum atomic E-state index is 12.5. The fourth-order valence-corrected chi connectivity index (χ4v) is 2.01. The summed E-state index contributed by atoms with van der Waals surface area (Å²) in [5, 5.41) is 8.73. The SMILES string of the molecule is N#CCCN(Cc1ccco1)C(=O)c1cc(N)cc(N)c1. The standard InChI is InChI=1S/C15H16N4O2/c16-4-2-5-19(10-14-3-1-6-21-14)15(20)11-7-12(17)9-13(18)8-11/h1,3,6-9H,2,5,10,17-18H2. The van der Waals surface area contributed by atoms with E-state index < -0.39 is 0 Å². The molecule has 0 saturated heterocycles. The second-order valence-corrected chi connectivity index (χ2v) is 4.60. The summed E-state index contributed by atoms with van der Waals surface area (Å²) in [4.78, 5) is 14.1. The van der Waals surface area contributed by atoms with E-state index in [9.17, 15) is 4.79 Å². The van der Waals surface area contributed by atoms with Gasteiger partial charge < -0.3 is 20.8 Å². The van der Waals surface area contributed by atoms with Gasteiger partial charge in [0.05, 0.1) is 25.3 Å². The number of amides is 1. The van der Waals surface area contributed by atoms with Crippen LogP contribution in [0.5, 0.6) is 0 Å². The summed E-state index contributed by atoms with van der Waals surface area (Å²) >= 11 is 0. The molecule has 0 radical (unpaired) electrons. The molecular formula is C15H16N4O2. The van der Waals surface area contributed by atoms with E-state index in [-0.39, 0.29) is 12.3 Å². The first-order valence-electron chi connectivity index (χ1n) is 6.45. The summed E-state index contributed by atoms with van der Waals surface area (Å²) in [6, 6.07) is 10.3. The van der Waals surface area contributed by atoms with Crippen LogP contribution in [-0.4, -0.2) is 17.4 Å². The topological polar surface area (TPSA) is 109 Å². The molecule has 108 valence electrons. The lowest BCUT2D eigenvalue weighted by Crippen LogP contribution is -2.31. The summed E-state index contributed by atoms with van der Waals surface area (Å²) in [5.74, 6) is 0.416. The normalized spacial score (nSPS) is 10.0. The number of hydrogen-bond acceptors (Lipinski definition) is 5. The molecule has 0 aliphatic rings. The molecule has 6 heteroatoms. The molecule has 1 aromatic heterocycles. The van der Waals surface area contributed by atoms with Crippen LogP contribution < -0.4 is 11.5 Å². The van der Waals surface area contributed by atoms with Gasteiger partial charge in [-0.1, -0.05) is 0 Å². The first-order chi connectivity index (χ1) is 10.1. The van der Waals surface area contributed by atoms with E-state index in [1.807, 2.05) is 6.07 Å². The number of nitrogens with two attached hydrogens (primary N) is 2. The van der Waals surface area contributed by atoms with Crippen LogP contribution in [-0.2, 0) is 6.54 Å². The Morgan fingerprint density at radius 2 is 2.00 bits per heavy atom. The van der Waals surface area contributed by atoms with E-state index in [2.05, 4.69) is 0 Å². The van der Waals surface area contributed by atoms with Gasteiger partial charge in [-0.15, -0.1) is 0 Å². The highest BCUT2D eigenvalue weighted by Crippen LogP contribution is 2.17. The van der Waals surface area contributed by atoms with Gasteiger partial charge in [-0.3, -0.25) is 4.79 Å². The van der Waals surface area contributed by atoms with Crippen molar-refractivity contribution in [2.24, 2.45) is 0 Å². The number of nitriles is 1. The second kappa shape index (κ2) is 6.48. The number of hydrogen-bond donors (Lipinski definition) is 2. The summed E-state index contributed by atoms with van der Waals surface area (Å²) in [5.41, 5.74) is 12.7. The van der Waals surface area contributed by atoms with Crippen LogP contribution in [0.4, 0.5) is 11.4 Å². The number of rotatable bonds is 5. The van der Waals surface area contributed by atoms with Crippen LogP contribution in [0.15, 0.2) is 41.0 Å². The molecule has 0 fully saturated rings. The van der Waals surface area contributed by atoms with Gasteiger partial charge in [0.25, 0.3) is 5.91 Å².